The van der Waals surface area contributed by atoms with Crippen LogP contribution in [0.3, 0.4) is 0 Å². The molecule has 0 atom stereocenters. The molecule has 5 rings (SSSR count). The Morgan fingerprint density at radius 2 is 0.794 bits per heavy atom. The van der Waals surface area contributed by atoms with E-state index in [1.165, 1.54) is 33.4 Å². The maximum Gasteiger partial charge on any atom is 0.123 e. The first-order chi connectivity index (χ1) is 16.8. The third-order valence-corrected chi connectivity index (χ3v) is 6.33. The van der Waals surface area contributed by atoms with Crippen molar-refractivity contribution in [2.45, 2.75) is 19.3 Å². The zero-order chi connectivity index (χ0) is 23.2. The van der Waals surface area contributed by atoms with E-state index in [0.29, 0.717) is 5.75 Å². The van der Waals surface area contributed by atoms with Gasteiger partial charge in [-0.25, -0.2) is 0 Å². The van der Waals surface area contributed by atoms with E-state index in [0.717, 1.165) is 30.4 Å². The highest BCUT2D eigenvalue weighted by molar-refractivity contribution is 5.75. The van der Waals surface area contributed by atoms with Gasteiger partial charge in [0.1, 0.15) is 5.75 Å². The van der Waals surface area contributed by atoms with Crippen molar-refractivity contribution in [3.63, 3.8) is 0 Å². The summed E-state index contributed by atoms with van der Waals surface area (Å²) in [7, 11) is 0. The summed E-state index contributed by atoms with van der Waals surface area (Å²) in [6.45, 7) is 0. The van der Waals surface area contributed by atoms with Gasteiger partial charge in [-0.05, 0) is 64.3 Å². The molecule has 166 valence electrons. The Morgan fingerprint density at radius 3 is 1.29 bits per heavy atom. The molecule has 5 aromatic rings. The third kappa shape index (κ3) is 5.10. The Bertz CT molecular complexity index is 1360. The van der Waals surface area contributed by atoms with Crippen molar-refractivity contribution in [2.75, 3.05) is 0 Å². The van der Waals surface area contributed by atoms with Crippen LogP contribution in [0.4, 0.5) is 0 Å². The molecule has 0 unspecified atom stereocenters. The molecule has 0 amide bonds. The molecule has 0 aliphatic carbocycles. The standard InChI is InChI=1S/C33H28O/c34-33-19-11-10-18-31(33)32-24-29(21-26-14-6-2-7-15-26)28(20-25-12-4-1-5-13-25)23-30(32)22-27-16-8-3-9-17-27/h1-19,23-24,34H,20-22H2. The first-order valence-corrected chi connectivity index (χ1v) is 11.8. The lowest BCUT2D eigenvalue weighted by Gasteiger charge is -2.18. The minimum Gasteiger partial charge on any atom is -0.507 e. The van der Waals surface area contributed by atoms with E-state index in [9.17, 15) is 5.11 Å². The fraction of sp³-hybridized carbons (Fsp3) is 0.0909. The number of phenolic OH excluding ortho intramolecular Hbond substituents is 1. The second-order valence-electron chi connectivity index (χ2n) is 8.78. The Balaban J connectivity index is 1.67. The number of rotatable bonds is 7. The van der Waals surface area contributed by atoms with Crippen molar-refractivity contribution in [2.24, 2.45) is 0 Å². The first kappa shape index (κ1) is 21.7. The molecule has 0 fully saturated rings. The van der Waals surface area contributed by atoms with Gasteiger partial charge >= 0.3 is 0 Å². The average molecular weight is 441 g/mol. The van der Waals surface area contributed by atoms with Gasteiger partial charge in [0.15, 0.2) is 0 Å². The predicted molar refractivity (Wildman–Crippen MR) is 141 cm³/mol. The van der Waals surface area contributed by atoms with Crippen LogP contribution in [-0.4, -0.2) is 5.11 Å². The predicted octanol–water partition coefficient (Wildman–Crippen LogP) is 7.83. The van der Waals surface area contributed by atoms with Crippen LogP contribution in [0.5, 0.6) is 5.75 Å². The molecule has 0 aromatic heterocycles. The SMILES string of the molecule is Oc1ccccc1-c1cc(Cc2ccccc2)c(Cc2ccccc2)cc1Cc1ccccc1. The van der Waals surface area contributed by atoms with Gasteiger partial charge in [0.05, 0.1) is 0 Å². The molecule has 1 nitrogen and oxygen atoms in total. The summed E-state index contributed by atoms with van der Waals surface area (Å²) in [5.41, 5.74) is 9.70. The highest BCUT2D eigenvalue weighted by Gasteiger charge is 2.15. The number of benzene rings is 5. The van der Waals surface area contributed by atoms with Crippen molar-refractivity contribution in [3.05, 3.63) is 161 Å². The van der Waals surface area contributed by atoms with Crippen LogP contribution >= 0.6 is 0 Å². The highest BCUT2D eigenvalue weighted by atomic mass is 16.3. The van der Waals surface area contributed by atoms with Gasteiger partial charge in [0.25, 0.3) is 0 Å². The maximum atomic E-state index is 10.7. The van der Waals surface area contributed by atoms with Gasteiger partial charge in [-0.1, -0.05) is 121 Å². The van der Waals surface area contributed by atoms with Crippen molar-refractivity contribution in [3.8, 4) is 16.9 Å². The number of hydrogen-bond acceptors (Lipinski definition) is 1. The zero-order valence-corrected chi connectivity index (χ0v) is 19.2. The fourth-order valence-electron chi connectivity index (χ4n) is 4.62. The quantitative estimate of drug-likeness (QED) is 0.273. The number of aromatic hydroxyl groups is 1. The lowest BCUT2D eigenvalue weighted by atomic mass is 9.86. The highest BCUT2D eigenvalue weighted by Crippen LogP contribution is 2.35. The van der Waals surface area contributed by atoms with E-state index in [1.54, 1.807) is 6.07 Å². The molecule has 5 aromatic carbocycles. The van der Waals surface area contributed by atoms with Crippen molar-refractivity contribution >= 4 is 0 Å². The normalized spacial score (nSPS) is 10.8. The molecule has 0 aliphatic rings. The van der Waals surface area contributed by atoms with Crippen LogP contribution < -0.4 is 0 Å². The Morgan fingerprint density at radius 1 is 0.382 bits per heavy atom. The largest absolute Gasteiger partial charge is 0.507 e. The van der Waals surface area contributed by atoms with Crippen LogP contribution in [0.15, 0.2) is 127 Å². The molecular weight excluding hydrogens is 412 g/mol. The Hall–Kier alpha value is -4.10. The number of para-hydroxylation sites is 1. The van der Waals surface area contributed by atoms with Gasteiger partial charge in [0.2, 0.25) is 0 Å². The van der Waals surface area contributed by atoms with E-state index in [4.69, 9.17) is 0 Å². The number of hydrogen-bond donors (Lipinski definition) is 1. The Labute approximate surface area is 202 Å². The van der Waals surface area contributed by atoms with E-state index in [-0.39, 0.29) is 0 Å². The molecule has 1 N–H and O–H groups in total. The van der Waals surface area contributed by atoms with E-state index < -0.39 is 0 Å². The molecule has 34 heavy (non-hydrogen) atoms. The summed E-state index contributed by atoms with van der Waals surface area (Å²) in [5, 5.41) is 10.7. The molecule has 0 bridgehead atoms. The maximum absolute atomic E-state index is 10.7. The van der Waals surface area contributed by atoms with Crippen LogP contribution in [0, 0.1) is 0 Å². The monoisotopic (exact) mass is 440 g/mol. The topological polar surface area (TPSA) is 20.2 Å². The lowest BCUT2D eigenvalue weighted by Crippen LogP contribution is -2.03. The van der Waals surface area contributed by atoms with Crippen LogP contribution in [0.2, 0.25) is 0 Å². The van der Waals surface area contributed by atoms with Crippen LogP contribution in [0.25, 0.3) is 11.1 Å². The van der Waals surface area contributed by atoms with E-state index in [1.807, 2.05) is 18.2 Å². The second kappa shape index (κ2) is 10.2. The van der Waals surface area contributed by atoms with E-state index in [2.05, 4.69) is 103 Å². The summed E-state index contributed by atoms with van der Waals surface area (Å²) < 4.78 is 0. The van der Waals surface area contributed by atoms with Crippen molar-refractivity contribution < 1.29 is 5.11 Å². The molecule has 0 aliphatic heterocycles. The van der Waals surface area contributed by atoms with Crippen LogP contribution in [-0.2, 0) is 19.3 Å². The van der Waals surface area contributed by atoms with Crippen molar-refractivity contribution in [1.82, 2.24) is 0 Å². The zero-order valence-electron chi connectivity index (χ0n) is 19.2. The molecule has 0 saturated heterocycles. The second-order valence-corrected chi connectivity index (χ2v) is 8.78. The minimum atomic E-state index is 0.318. The molecule has 0 saturated carbocycles. The first-order valence-electron chi connectivity index (χ1n) is 11.8. The molecule has 0 radical (unpaired) electrons. The van der Waals surface area contributed by atoms with Crippen molar-refractivity contribution in [1.29, 1.82) is 0 Å². The molecule has 1 heteroatoms. The summed E-state index contributed by atoms with van der Waals surface area (Å²) in [5.74, 6) is 0.318. The van der Waals surface area contributed by atoms with Gasteiger partial charge < -0.3 is 5.11 Å². The third-order valence-electron chi connectivity index (χ3n) is 6.33. The van der Waals surface area contributed by atoms with Gasteiger partial charge in [-0.2, -0.15) is 0 Å². The van der Waals surface area contributed by atoms with Gasteiger partial charge in [-0.3, -0.25) is 0 Å². The molecule has 0 heterocycles. The molecular formula is C33H28O. The number of phenols is 1. The van der Waals surface area contributed by atoms with Crippen LogP contribution in [0.1, 0.15) is 33.4 Å². The Kier molecular flexibility index (Phi) is 6.54. The van der Waals surface area contributed by atoms with Gasteiger partial charge in [0, 0.05) is 5.56 Å². The average Bonchev–Trinajstić information content (AvgIpc) is 2.88. The summed E-state index contributed by atoms with van der Waals surface area (Å²) in [6.07, 6.45) is 2.55. The lowest BCUT2D eigenvalue weighted by molar-refractivity contribution is 0.477. The minimum absolute atomic E-state index is 0.318. The van der Waals surface area contributed by atoms with Gasteiger partial charge in [-0.15, -0.1) is 0 Å². The van der Waals surface area contributed by atoms with E-state index >= 15 is 0 Å². The summed E-state index contributed by atoms with van der Waals surface area (Å²) in [6, 6.07) is 44.2. The fourth-order valence-corrected chi connectivity index (χ4v) is 4.62. The summed E-state index contributed by atoms with van der Waals surface area (Å²) >= 11 is 0. The smallest absolute Gasteiger partial charge is 0.123 e. The summed E-state index contributed by atoms with van der Waals surface area (Å²) in [4.78, 5) is 0. The molecule has 0 spiro atoms.